The second-order valence-electron chi connectivity index (χ2n) is 7.42. The molecule has 1 amide bonds. The highest BCUT2D eigenvalue weighted by Crippen LogP contribution is 2.22. The largest absolute Gasteiger partial charge is 0.381 e. The number of amides is 1. The van der Waals surface area contributed by atoms with Crippen molar-refractivity contribution in [2.24, 2.45) is 5.92 Å². The van der Waals surface area contributed by atoms with Crippen LogP contribution < -0.4 is 5.32 Å². The summed E-state index contributed by atoms with van der Waals surface area (Å²) in [5, 5.41) is 6.73. The fraction of sp³-hybridized carbons (Fsp3) is 0.524. The molecule has 1 aliphatic heterocycles. The van der Waals surface area contributed by atoms with Crippen molar-refractivity contribution in [2.75, 3.05) is 19.8 Å². The van der Waals surface area contributed by atoms with E-state index in [0.717, 1.165) is 19.4 Å². The first-order valence-corrected chi connectivity index (χ1v) is 9.78. The topological polar surface area (TPSA) is 73.6 Å². The number of hydrogen-bond acceptors (Lipinski definition) is 5. The van der Waals surface area contributed by atoms with Crippen molar-refractivity contribution in [3.63, 3.8) is 0 Å². The fourth-order valence-corrected chi connectivity index (χ4v) is 3.71. The van der Waals surface area contributed by atoms with Gasteiger partial charge in [-0.15, -0.1) is 0 Å². The Morgan fingerprint density at radius 3 is 2.93 bits per heavy atom. The molecule has 1 N–H and O–H groups in total. The molecule has 1 unspecified atom stereocenters. The Bertz CT molecular complexity index is 780. The molecule has 1 aromatic heterocycles. The van der Waals surface area contributed by atoms with Gasteiger partial charge in [0.15, 0.2) is 11.5 Å². The molecule has 27 heavy (non-hydrogen) atoms. The lowest BCUT2D eigenvalue weighted by Crippen LogP contribution is -2.29. The van der Waals surface area contributed by atoms with E-state index in [1.807, 2.05) is 0 Å². The molecule has 6 nitrogen and oxygen atoms in total. The monoisotopic (exact) mass is 370 g/mol. The normalized spacial score (nSPS) is 19.0. The van der Waals surface area contributed by atoms with Crippen LogP contribution in [-0.2, 0) is 35.5 Å². The first-order chi connectivity index (χ1) is 13.3. The molecule has 4 rings (SSSR count). The fourth-order valence-electron chi connectivity index (χ4n) is 3.71. The maximum Gasteiger partial charge on any atom is 0.273 e. The van der Waals surface area contributed by atoms with E-state index in [4.69, 9.17) is 14.0 Å². The van der Waals surface area contributed by atoms with Crippen molar-refractivity contribution >= 4 is 5.91 Å². The molecule has 2 aromatic rings. The van der Waals surface area contributed by atoms with E-state index in [2.05, 4.69) is 28.7 Å². The Balaban J connectivity index is 1.24. The third kappa shape index (κ3) is 4.76. The third-order valence-electron chi connectivity index (χ3n) is 5.29. The molecule has 6 heteroatoms. The van der Waals surface area contributed by atoms with Gasteiger partial charge < -0.3 is 19.3 Å². The Morgan fingerprint density at radius 2 is 2.07 bits per heavy atom. The number of hydrogen-bond donors (Lipinski definition) is 1. The lowest BCUT2D eigenvalue weighted by molar-refractivity contribution is 0.0876. The summed E-state index contributed by atoms with van der Waals surface area (Å²) in [6.45, 7) is 2.91. The zero-order valence-electron chi connectivity index (χ0n) is 15.5. The number of carbonyl (C=O) groups excluding carboxylic acids is 1. The molecule has 0 bridgehead atoms. The van der Waals surface area contributed by atoms with Gasteiger partial charge in [0.05, 0.1) is 13.2 Å². The van der Waals surface area contributed by atoms with Gasteiger partial charge in [-0.05, 0) is 48.8 Å². The molecule has 1 aliphatic carbocycles. The van der Waals surface area contributed by atoms with Crippen LogP contribution in [0.1, 0.15) is 52.2 Å². The third-order valence-corrected chi connectivity index (χ3v) is 5.29. The molecule has 1 aromatic carbocycles. The van der Waals surface area contributed by atoms with Crippen molar-refractivity contribution in [1.29, 1.82) is 0 Å². The Labute approximate surface area is 159 Å². The van der Waals surface area contributed by atoms with Gasteiger partial charge in [0.1, 0.15) is 6.61 Å². The number of carbonyl (C=O) groups is 1. The minimum Gasteiger partial charge on any atom is -0.381 e. The number of rotatable bonds is 7. The number of nitrogens with zero attached hydrogens (tertiary/aromatic N) is 1. The standard InChI is InChI=1S/C21H26N2O4/c24-21(22-11-16-7-8-25-13-16)20-10-19(27-23-20)14-26-12-15-5-6-17-3-1-2-4-18(17)9-15/h5-6,9-10,16H,1-4,7-8,11-14H2,(H,22,24). The van der Waals surface area contributed by atoms with Crippen LogP contribution in [0.15, 0.2) is 28.8 Å². The van der Waals surface area contributed by atoms with Crippen LogP contribution >= 0.6 is 0 Å². The molecule has 144 valence electrons. The van der Waals surface area contributed by atoms with E-state index in [1.54, 1.807) is 6.07 Å². The zero-order valence-corrected chi connectivity index (χ0v) is 15.5. The molecule has 2 heterocycles. The maximum absolute atomic E-state index is 12.1. The van der Waals surface area contributed by atoms with Crippen LogP contribution in [0.5, 0.6) is 0 Å². The summed E-state index contributed by atoms with van der Waals surface area (Å²) in [5.41, 5.74) is 4.39. The van der Waals surface area contributed by atoms with Crippen LogP contribution in [0, 0.1) is 5.92 Å². The molecular formula is C21H26N2O4. The maximum atomic E-state index is 12.1. The molecule has 0 saturated carbocycles. The number of aryl methyl sites for hydroxylation is 2. The number of ether oxygens (including phenoxy) is 2. The second kappa shape index (κ2) is 8.67. The van der Waals surface area contributed by atoms with Gasteiger partial charge in [0, 0.05) is 25.1 Å². The highest BCUT2D eigenvalue weighted by atomic mass is 16.5. The number of nitrogens with one attached hydrogen (secondary N) is 1. The van der Waals surface area contributed by atoms with Crippen molar-refractivity contribution in [1.82, 2.24) is 10.5 Å². The summed E-state index contributed by atoms with van der Waals surface area (Å²) >= 11 is 0. The van der Waals surface area contributed by atoms with E-state index in [1.165, 1.54) is 36.0 Å². The molecule has 2 aliphatic rings. The van der Waals surface area contributed by atoms with Gasteiger partial charge in [0.25, 0.3) is 5.91 Å². The summed E-state index contributed by atoms with van der Waals surface area (Å²) in [7, 11) is 0. The predicted octanol–water partition coefficient (Wildman–Crippen LogP) is 3.04. The van der Waals surface area contributed by atoms with Crippen LogP contribution in [0.2, 0.25) is 0 Å². The van der Waals surface area contributed by atoms with E-state index >= 15 is 0 Å². The average Bonchev–Trinajstić information content (AvgIpc) is 3.38. The van der Waals surface area contributed by atoms with E-state index < -0.39 is 0 Å². The molecule has 1 fully saturated rings. The summed E-state index contributed by atoms with van der Waals surface area (Å²) in [6, 6.07) is 8.25. The van der Waals surface area contributed by atoms with Gasteiger partial charge in [-0.3, -0.25) is 4.79 Å². The van der Waals surface area contributed by atoms with Crippen LogP contribution in [0.25, 0.3) is 0 Å². The SMILES string of the molecule is O=C(NCC1CCOC1)c1cc(COCc2ccc3c(c2)CCCC3)on1. The highest BCUT2D eigenvalue weighted by Gasteiger charge is 2.18. The first kappa shape index (κ1) is 18.2. The molecule has 1 atom stereocenters. The van der Waals surface area contributed by atoms with Crippen molar-refractivity contribution in [3.8, 4) is 0 Å². The molecular weight excluding hydrogens is 344 g/mol. The van der Waals surface area contributed by atoms with E-state index in [9.17, 15) is 4.79 Å². The van der Waals surface area contributed by atoms with E-state index in [-0.39, 0.29) is 5.91 Å². The van der Waals surface area contributed by atoms with Crippen molar-refractivity contribution < 1.29 is 18.8 Å². The smallest absolute Gasteiger partial charge is 0.273 e. The summed E-state index contributed by atoms with van der Waals surface area (Å²) < 4.78 is 16.3. The highest BCUT2D eigenvalue weighted by molar-refractivity contribution is 5.92. The Kier molecular flexibility index (Phi) is 5.84. The van der Waals surface area contributed by atoms with Crippen molar-refractivity contribution in [3.05, 3.63) is 52.4 Å². The van der Waals surface area contributed by atoms with Crippen LogP contribution in [0.3, 0.4) is 0 Å². The first-order valence-electron chi connectivity index (χ1n) is 9.78. The number of fused-ring (bicyclic) bond motifs is 1. The molecule has 0 spiro atoms. The van der Waals surface area contributed by atoms with Gasteiger partial charge in [-0.25, -0.2) is 0 Å². The summed E-state index contributed by atoms with van der Waals surface area (Å²) in [5.74, 6) is 0.731. The van der Waals surface area contributed by atoms with Gasteiger partial charge in [-0.1, -0.05) is 23.4 Å². The Morgan fingerprint density at radius 1 is 1.19 bits per heavy atom. The lowest BCUT2D eigenvalue weighted by atomic mass is 9.90. The Hall–Kier alpha value is -2.18. The molecule has 0 radical (unpaired) electrons. The summed E-state index contributed by atoms with van der Waals surface area (Å²) in [4.78, 5) is 12.1. The number of aromatic nitrogens is 1. The van der Waals surface area contributed by atoms with E-state index in [0.29, 0.717) is 43.7 Å². The second-order valence-corrected chi connectivity index (χ2v) is 7.42. The quantitative estimate of drug-likeness (QED) is 0.811. The minimum atomic E-state index is -0.216. The predicted molar refractivity (Wildman–Crippen MR) is 99.3 cm³/mol. The summed E-state index contributed by atoms with van der Waals surface area (Å²) in [6.07, 6.45) is 5.90. The van der Waals surface area contributed by atoms with Gasteiger partial charge >= 0.3 is 0 Å². The van der Waals surface area contributed by atoms with Gasteiger partial charge in [0.2, 0.25) is 0 Å². The number of benzene rings is 1. The molecule has 1 saturated heterocycles. The average molecular weight is 370 g/mol. The van der Waals surface area contributed by atoms with Crippen molar-refractivity contribution in [2.45, 2.75) is 45.3 Å². The lowest BCUT2D eigenvalue weighted by Gasteiger charge is -2.16. The minimum absolute atomic E-state index is 0.216. The van der Waals surface area contributed by atoms with Crippen LogP contribution in [0.4, 0.5) is 0 Å². The zero-order chi connectivity index (χ0) is 18.5. The van der Waals surface area contributed by atoms with Crippen LogP contribution in [-0.4, -0.2) is 30.8 Å². The van der Waals surface area contributed by atoms with Gasteiger partial charge in [-0.2, -0.15) is 0 Å².